The molecule has 0 bridgehead atoms. The van der Waals surface area contributed by atoms with Gasteiger partial charge in [-0.3, -0.25) is 4.79 Å². The van der Waals surface area contributed by atoms with Gasteiger partial charge in [-0.2, -0.15) is 0 Å². The van der Waals surface area contributed by atoms with Crippen LogP contribution in [-0.4, -0.2) is 25.6 Å². The van der Waals surface area contributed by atoms with Gasteiger partial charge in [-0.05, 0) is 62.0 Å². The van der Waals surface area contributed by atoms with Crippen molar-refractivity contribution in [2.75, 3.05) is 19.7 Å². The molecule has 0 radical (unpaired) electrons. The van der Waals surface area contributed by atoms with Crippen LogP contribution < -0.4 is 15.4 Å². The molecule has 2 atom stereocenters. The second-order valence-electron chi connectivity index (χ2n) is 6.81. The highest BCUT2D eigenvalue weighted by atomic mass is 16.5. The SMILES string of the molecule is CCOc1ccc(C(NC(=O)CCC2CCNC2)c2ccccc2)cc1. The van der Waals surface area contributed by atoms with E-state index in [0.29, 0.717) is 18.9 Å². The summed E-state index contributed by atoms with van der Waals surface area (Å²) >= 11 is 0. The minimum atomic E-state index is -0.138. The summed E-state index contributed by atoms with van der Waals surface area (Å²) in [5.74, 6) is 1.59. The predicted octanol–water partition coefficient (Wildman–Crippen LogP) is 3.68. The molecule has 1 aliphatic heterocycles. The van der Waals surface area contributed by atoms with E-state index in [9.17, 15) is 4.79 Å². The fraction of sp³-hybridized carbons (Fsp3) is 0.409. The predicted molar refractivity (Wildman–Crippen MR) is 104 cm³/mol. The first-order chi connectivity index (χ1) is 12.8. The Kier molecular flexibility index (Phi) is 6.67. The molecule has 0 aromatic heterocycles. The van der Waals surface area contributed by atoms with Gasteiger partial charge in [0.2, 0.25) is 5.91 Å². The second kappa shape index (κ2) is 9.39. The molecular weight excluding hydrogens is 324 g/mol. The van der Waals surface area contributed by atoms with Crippen LogP contribution in [0.25, 0.3) is 0 Å². The summed E-state index contributed by atoms with van der Waals surface area (Å²) < 4.78 is 5.53. The summed E-state index contributed by atoms with van der Waals surface area (Å²) in [5.41, 5.74) is 2.16. The van der Waals surface area contributed by atoms with Gasteiger partial charge in [-0.25, -0.2) is 0 Å². The van der Waals surface area contributed by atoms with Gasteiger partial charge in [0.1, 0.15) is 5.75 Å². The molecule has 138 valence electrons. The smallest absolute Gasteiger partial charge is 0.220 e. The number of carbonyl (C=O) groups excluding carboxylic acids is 1. The van der Waals surface area contributed by atoms with Crippen molar-refractivity contribution in [2.45, 2.75) is 32.2 Å². The van der Waals surface area contributed by atoms with Crippen LogP contribution in [0.1, 0.15) is 43.4 Å². The standard InChI is InChI=1S/C22H28N2O2/c1-2-26-20-11-9-19(10-12-20)22(18-6-4-3-5-7-18)24-21(25)13-8-17-14-15-23-16-17/h3-7,9-12,17,22-23H,2,8,13-16H2,1H3,(H,24,25). The van der Waals surface area contributed by atoms with Crippen molar-refractivity contribution in [2.24, 2.45) is 5.92 Å². The number of nitrogens with one attached hydrogen (secondary N) is 2. The Bertz CT molecular complexity index is 679. The van der Waals surface area contributed by atoms with Crippen LogP contribution in [0, 0.1) is 5.92 Å². The maximum atomic E-state index is 12.6. The van der Waals surface area contributed by atoms with E-state index in [2.05, 4.69) is 22.8 Å². The molecule has 4 nitrogen and oxygen atoms in total. The van der Waals surface area contributed by atoms with Gasteiger partial charge in [0.15, 0.2) is 0 Å². The minimum absolute atomic E-state index is 0.111. The van der Waals surface area contributed by atoms with E-state index >= 15 is 0 Å². The molecule has 2 N–H and O–H groups in total. The Labute approximate surface area is 156 Å². The Morgan fingerprint density at radius 2 is 1.88 bits per heavy atom. The van der Waals surface area contributed by atoms with E-state index in [1.165, 1.54) is 6.42 Å². The Morgan fingerprint density at radius 1 is 1.15 bits per heavy atom. The lowest BCUT2D eigenvalue weighted by Crippen LogP contribution is -2.29. The van der Waals surface area contributed by atoms with Gasteiger partial charge in [0, 0.05) is 6.42 Å². The number of hydrogen-bond donors (Lipinski definition) is 2. The topological polar surface area (TPSA) is 50.4 Å². The quantitative estimate of drug-likeness (QED) is 0.762. The van der Waals surface area contributed by atoms with E-state index in [1.54, 1.807) is 0 Å². The highest BCUT2D eigenvalue weighted by Crippen LogP contribution is 2.25. The molecule has 3 rings (SSSR count). The molecule has 4 heteroatoms. The molecule has 1 amide bonds. The summed E-state index contributed by atoms with van der Waals surface area (Å²) in [4.78, 5) is 12.6. The minimum Gasteiger partial charge on any atom is -0.494 e. The van der Waals surface area contributed by atoms with Crippen LogP contribution in [-0.2, 0) is 4.79 Å². The molecule has 2 aromatic rings. The fourth-order valence-electron chi connectivity index (χ4n) is 3.46. The average molecular weight is 352 g/mol. The zero-order valence-corrected chi connectivity index (χ0v) is 15.4. The maximum Gasteiger partial charge on any atom is 0.220 e. The second-order valence-corrected chi connectivity index (χ2v) is 6.81. The van der Waals surface area contributed by atoms with Crippen LogP contribution in [0.2, 0.25) is 0 Å². The van der Waals surface area contributed by atoms with E-state index in [4.69, 9.17) is 4.74 Å². The average Bonchev–Trinajstić information content (AvgIpc) is 3.20. The number of carbonyl (C=O) groups is 1. The van der Waals surface area contributed by atoms with Crippen molar-refractivity contribution < 1.29 is 9.53 Å². The molecule has 2 unspecified atom stereocenters. The van der Waals surface area contributed by atoms with Crippen molar-refractivity contribution in [1.82, 2.24) is 10.6 Å². The Balaban J connectivity index is 1.69. The lowest BCUT2D eigenvalue weighted by molar-refractivity contribution is -0.121. The molecule has 1 aliphatic rings. The zero-order chi connectivity index (χ0) is 18.2. The molecule has 1 saturated heterocycles. The Hall–Kier alpha value is -2.33. The lowest BCUT2D eigenvalue weighted by atomic mass is 9.97. The lowest BCUT2D eigenvalue weighted by Gasteiger charge is -2.21. The zero-order valence-electron chi connectivity index (χ0n) is 15.4. The molecule has 2 aromatic carbocycles. The molecule has 26 heavy (non-hydrogen) atoms. The summed E-state index contributed by atoms with van der Waals surface area (Å²) in [6.07, 6.45) is 2.70. The van der Waals surface area contributed by atoms with E-state index in [1.807, 2.05) is 49.4 Å². The van der Waals surface area contributed by atoms with Gasteiger partial charge >= 0.3 is 0 Å². The van der Waals surface area contributed by atoms with Crippen LogP contribution in [0.4, 0.5) is 0 Å². The molecule has 0 spiro atoms. The van der Waals surface area contributed by atoms with Crippen molar-refractivity contribution in [3.63, 3.8) is 0 Å². The van der Waals surface area contributed by atoms with Crippen molar-refractivity contribution in [3.05, 3.63) is 65.7 Å². The van der Waals surface area contributed by atoms with Crippen LogP contribution in [0.15, 0.2) is 54.6 Å². The number of hydrogen-bond acceptors (Lipinski definition) is 3. The molecule has 1 fully saturated rings. The van der Waals surface area contributed by atoms with Crippen molar-refractivity contribution in [1.29, 1.82) is 0 Å². The van der Waals surface area contributed by atoms with Crippen molar-refractivity contribution >= 4 is 5.91 Å². The number of amides is 1. The highest BCUT2D eigenvalue weighted by molar-refractivity contribution is 5.77. The van der Waals surface area contributed by atoms with Crippen LogP contribution >= 0.6 is 0 Å². The van der Waals surface area contributed by atoms with Gasteiger partial charge in [-0.15, -0.1) is 0 Å². The van der Waals surface area contributed by atoms with E-state index in [0.717, 1.165) is 36.4 Å². The summed E-state index contributed by atoms with van der Waals surface area (Å²) in [6.45, 7) is 4.73. The normalized spacial score (nSPS) is 17.7. The third-order valence-corrected chi connectivity index (χ3v) is 4.90. The summed E-state index contributed by atoms with van der Waals surface area (Å²) in [6, 6.07) is 18.0. The largest absolute Gasteiger partial charge is 0.494 e. The molecular formula is C22H28N2O2. The molecule has 1 heterocycles. The fourth-order valence-corrected chi connectivity index (χ4v) is 3.46. The first-order valence-corrected chi connectivity index (χ1v) is 9.54. The van der Waals surface area contributed by atoms with Gasteiger partial charge in [-0.1, -0.05) is 42.5 Å². The number of benzene rings is 2. The van der Waals surface area contributed by atoms with E-state index in [-0.39, 0.29) is 11.9 Å². The number of rotatable bonds is 8. The summed E-state index contributed by atoms with van der Waals surface area (Å²) in [5, 5.41) is 6.59. The summed E-state index contributed by atoms with van der Waals surface area (Å²) in [7, 11) is 0. The third-order valence-electron chi connectivity index (χ3n) is 4.90. The monoisotopic (exact) mass is 352 g/mol. The van der Waals surface area contributed by atoms with Gasteiger partial charge in [0.25, 0.3) is 0 Å². The van der Waals surface area contributed by atoms with Crippen molar-refractivity contribution in [3.8, 4) is 5.75 Å². The number of ether oxygens (including phenoxy) is 1. The third kappa shape index (κ3) is 5.09. The highest BCUT2D eigenvalue weighted by Gasteiger charge is 2.19. The van der Waals surface area contributed by atoms with Gasteiger partial charge in [0.05, 0.1) is 12.6 Å². The van der Waals surface area contributed by atoms with Gasteiger partial charge < -0.3 is 15.4 Å². The van der Waals surface area contributed by atoms with Crippen LogP contribution in [0.5, 0.6) is 5.75 Å². The Morgan fingerprint density at radius 3 is 2.54 bits per heavy atom. The maximum absolute atomic E-state index is 12.6. The first kappa shape index (κ1) is 18.5. The van der Waals surface area contributed by atoms with E-state index < -0.39 is 0 Å². The van der Waals surface area contributed by atoms with Crippen LogP contribution in [0.3, 0.4) is 0 Å². The molecule has 0 aliphatic carbocycles. The molecule has 0 saturated carbocycles. The first-order valence-electron chi connectivity index (χ1n) is 9.54.